The van der Waals surface area contributed by atoms with Crippen molar-refractivity contribution in [1.82, 2.24) is 10.2 Å². The van der Waals surface area contributed by atoms with Crippen LogP contribution in [0.25, 0.3) is 0 Å². The lowest BCUT2D eigenvalue weighted by molar-refractivity contribution is 0.124. The molecule has 1 aromatic carbocycles. The zero-order valence-electron chi connectivity index (χ0n) is 10.6. The zero-order valence-corrected chi connectivity index (χ0v) is 11.4. The van der Waals surface area contributed by atoms with Crippen LogP contribution in [0.1, 0.15) is 6.42 Å². The van der Waals surface area contributed by atoms with E-state index >= 15 is 0 Å². The molecule has 2 rings (SSSR count). The largest absolute Gasteiger partial charge is 0.494 e. The standard InChI is InChI=1S/C13H18N2O3.ClH/c16-13(17)15-8-7-14-11(10-15)6-9-18-12-4-2-1-3-5-12;/h1-5,11,14H,6-10H2,(H,16,17);1H. The number of nitrogens with one attached hydrogen (secondary N) is 1. The maximum Gasteiger partial charge on any atom is 0.407 e. The highest BCUT2D eigenvalue weighted by Gasteiger charge is 2.22. The molecule has 1 saturated heterocycles. The summed E-state index contributed by atoms with van der Waals surface area (Å²) in [5.74, 6) is 0.850. The lowest BCUT2D eigenvalue weighted by Gasteiger charge is -2.31. The third kappa shape index (κ3) is 4.96. The Morgan fingerprint density at radius 2 is 2.16 bits per heavy atom. The molecule has 0 aromatic heterocycles. The van der Waals surface area contributed by atoms with Crippen LogP contribution in [0, 0.1) is 0 Å². The van der Waals surface area contributed by atoms with E-state index in [-0.39, 0.29) is 18.4 Å². The normalized spacial score (nSPS) is 18.5. The van der Waals surface area contributed by atoms with Gasteiger partial charge >= 0.3 is 6.09 Å². The molecule has 1 atom stereocenters. The predicted molar refractivity (Wildman–Crippen MR) is 75.2 cm³/mol. The fraction of sp³-hybridized carbons (Fsp3) is 0.462. The quantitative estimate of drug-likeness (QED) is 0.886. The van der Waals surface area contributed by atoms with E-state index in [1.165, 1.54) is 4.90 Å². The van der Waals surface area contributed by atoms with Crippen molar-refractivity contribution in [3.63, 3.8) is 0 Å². The van der Waals surface area contributed by atoms with Crippen molar-refractivity contribution in [2.45, 2.75) is 12.5 Å². The van der Waals surface area contributed by atoms with E-state index in [4.69, 9.17) is 9.84 Å². The van der Waals surface area contributed by atoms with Gasteiger partial charge in [0.2, 0.25) is 0 Å². The van der Waals surface area contributed by atoms with Gasteiger partial charge in [0.15, 0.2) is 0 Å². The lowest BCUT2D eigenvalue weighted by Crippen LogP contribution is -2.52. The van der Waals surface area contributed by atoms with Gasteiger partial charge in [-0.1, -0.05) is 18.2 Å². The van der Waals surface area contributed by atoms with Crippen molar-refractivity contribution in [3.05, 3.63) is 30.3 Å². The molecular formula is C13H19ClN2O3. The van der Waals surface area contributed by atoms with Gasteiger partial charge in [-0.2, -0.15) is 0 Å². The van der Waals surface area contributed by atoms with Crippen molar-refractivity contribution >= 4 is 18.5 Å². The van der Waals surface area contributed by atoms with E-state index in [1.807, 2.05) is 30.3 Å². The van der Waals surface area contributed by atoms with Gasteiger partial charge in [-0.15, -0.1) is 12.4 Å². The number of carboxylic acid groups (broad SMARTS) is 1. The number of nitrogens with zero attached hydrogens (tertiary/aromatic N) is 1. The molecule has 1 fully saturated rings. The molecular weight excluding hydrogens is 268 g/mol. The minimum Gasteiger partial charge on any atom is -0.494 e. The summed E-state index contributed by atoms with van der Waals surface area (Å²) in [7, 11) is 0. The van der Waals surface area contributed by atoms with Crippen LogP contribution < -0.4 is 10.1 Å². The number of benzene rings is 1. The monoisotopic (exact) mass is 286 g/mol. The number of hydrogen-bond donors (Lipinski definition) is 2. The summed E-state index contributed by atoms with van der Waals surface area (Å²) in [6, 6.07) is 9.81. The zero-order chi connectivity index (χ0) is 12.8. The van der Waals surface area contributed by atoms with Crippen LogP contribution in [-0.4, -0.2) is 48.4 Å². The molecule has 0 saturated carbocycles. The highest BCUT2D eigenvalue weighted by atomic mass is 35.5. The fourth-order valence-corrected chi connectivity index (χ4v) is 2.03. The number of carbonyl (C=O) groups is 1. The molecule has 1 unspecified atom stereocenters. The Morgan fingerprint density at radius 3 is 2.84 bits per heavy atom. The van der Waals surface area contributed by atoms with E-state index in [0.717, 1.165) is 12.2 Å². The van der Waals surface area contributed by atoms with Crippen LogP contribution in [0.2, 0.25) is 0 Å². The third-order valence-corrected chi connectivity index (χ3v) is 3.00. The molecule has 1 amide bonds. The molecule has 0 radical (unpaired) electrons. The van der Waals surface area contributed by atoms with Gasteiger partial charge in [0.1, 0.15) is 5.75 Å². The van der Waals surface area contributed by atoms with Crippen LogP contribution in [0.5, 0.6) is 5.75 Å². The molecule has 2 N–H and O–H groups in total. The average molecular weight is 287 g/mol. The van der Waals surface area contributed by atoms with Gasteiger partial charge in [0, 0.05) is 25.7 Å². The first-order valence-electron chi connectivity index (χ1n) is 6.15. The summed E-state index contributed by atoms with van der Waals surface area (Å²) in [6.45, 7) is 2.40. The van der Waals surface area contributed by atoms with E-state index < -0.39 is 6.09 Å². The van der Waals surface area contributed by atoms with Crippen molar-refractivity contribution in [3.8, 4) is 5.75 Å². The van der Waals surface area contributed by atoms with Crippen LogP contribution in [0.3, 0.4) is 0 Å². The van der Waals surface area contributed by atoms with Gasteiger partial charge in [0.25, 0.3) is 0 Å². The predicted octanol–water partition coefficient (Wildman–Crippen LogP) is 1.83. The Hall–Kier alpha value is -1.46. The summed E-state index contributed by atoms with van der Waals surface area (Å²) >= 11 is 0. The second kappa shape index (κ2) is 7.86. The van der Waals surface area contributed by atoms with Gasteiger partial charge in [0.05, 0.1) is 6.61 Å². The van der Waals surface area contributed by atoms with E-state index in [0.29, 0.717) is 26.2 Å². The molecule has 106 valence electrons. The summed E-state index contributed by atoms with van der Waals surface area (Å²) in [5, 5.41) is 12.2. The first-order chi connectivity index (χ1) is 8.75. The number of halogens is 1. The Balaban J connectivity index is 0.00000180. The van der Waals surface area contributed by atoms with Crippen LogP contribution in [0.15, 0.2) is 30.3 Å². The van der Waals surface area contributed by atoms with Gasteiger partial charge in [-0.3, -0.25) is 0 Å². The number of hydrogen-bond acceptors (Lipinski definition) is 3. The molecule has 5 nitrogen and oxygen atoms in total. The molecule has 1 aliphatic rings. The second-order valence-corrected chi connectivity index (χ2v) is 4.33. The highest BCUT2D eigenvalue weighted by Crippen LogP contribution is 2.10. The SMILES string of the molecule is Cl.O=C(O)N1CCNC(CCOc2ccccc2)C1. The Kier molecular flexibility index (Phi) is 6.45. The number of rotatable bonds is 4. The van der Waals surface area contributed by atoms with E-state index in [1.54, 1.807) is 0 Å². The molecule has 19 heavy (non-hydrogen) atoms. The maximum atomic E-state index is 10.9. The van der Waals surface area contributed by atoms with Crippen LogP contribution in [0.4, 0.5) is 4.79 Å². The molecule has 0 aliphatic carbocycles. The average Bonchev–Trinajstić information content (AvgIpc) is 2.40. The number of amides is 1. The minimum absolute atomic E-state index is 0. The first kappa shape index (κ1) is 15.6. The number of para-hydroxylation sites is 1. The minimum atomic E-state index is -0.842. The van der Waals surface area contributed by atoms with E-state index in [9.17, 15) is 4.79 Å². The van der Waals surface area contributed by atoms with Crippen molar-refractivity contribution in [1.29, 1.82) is 0 Å². The molecule has 0 bridgehead atoms. The first-order valence-corrected chi connectivity index (χ1v) is 6.15. The summed E-state index contributed by atoms with van der Waals surface area (Å²) < 4.78 is 5.60. The summed E-state index contributed by atoms with van der Waals surface area (Å²) in [6.07, 6.45) is -0.0379. The van der Waals surface area contributed by atoms with Crippen LogP contribution in [-0.2, 0) is 0 Å². The molecule has 6 heteroatoms. The van der Waals surface area contributed by atoms with Crippen molar-refractivity contribution < 1.29 is 14.6 Å². The van der Waals surface area contributed by atoms with Crippen molar-refractivity contribution in [2.24, 2.45) is 0 Å². The van der Waals surface area contributed by atoms with Gasteiger partial charge < -0.3 is 20.1 Å². The van der Waals surface area contributed by atoms with Crippen LogP contribution >= 0.6 is 12.4 Å². The van der Waals surface area contributed by atoms with E-state index in [2.05, 4.69) is 5.32 Å². The summed E-state index contributed by atoms with van der Waals surface area (Å²) in [4.78, 5) is 12.3. The third-order valence-electron chi connectivity index (χ3n) is 3.00. The van der Waals surface area contributed by atoms with Crippen molar-refractivity contribution in [2.75, 3.05) is 26.2 Å². The second-order valence-electron chi connectivity index (χ2n) is 4.33. The maximum absolute atomic E-state index is 10.9. The molecule has 1 heterocycles. The molecule has 1 aromatic rings. The lowest BCUT2D eigenvalue weighted by atomic mass is 10.1. The Labute approximate surface area is 119 Å². The Bertz CT molecular complexity index is 389. The molecule has 1 aliphatic heterocycles. The topological polar surface area (TPSA) is 61.8 Å². The number of ether oxygens (including phenoxy) is 1. The Morgan fingerprint density at radius 1 is 1.42 bits per heavy atom. The molecule has 0 spiro atoms. The van der Waals surface area contributed by atoms with Gasteiger partial charge in [-0.05, 0) is 18.6 Å². The smallest absolute Gasteiger partial charge is 0.407 e. The number of piperazine rings is 1. The van der Waals surface area contributed by atoms with Gasteiger partial charge in [-0.25, -0.2) is 4.79 Å². The fourth-order valence-electron chi connectivity index (χ4n) is 2.03. The highest BCUT2D eigenvalue weighted by molar-refractivity contribution is 5.85. The summed E-state index contributed by atoms with van der Waals surface area (Å²) in [5.41, 5.74) is 0.